The van der Waals surface area contributed by atoms with Gasteiger partial charge >= 0.3 is 0 Å². The van der Waals surface area contributed by atoms with Crippen molar-refractivity contribution < 1.29 is 14.0 Å². The molecule has 1 aromatic heterocycles. The van der Waals surface area contributed by atoms with Gasteiger partial charge in [-0.15, -0.1) is 0 Å². The minimum Gasteiger partial charge on any atom is -0.337 e. The lowest BCUT2D eigenvalue weighted by Gasteiger charge is -2.41. The molecule has 3 atom stereocenters. The third-order valence-electron chi connectivity index (χ3n) is 5.73. The lowest BCUT2D eigenvalue weighted by molar-refractivity contribution is -0.133. The zero-order valence-corrected chi connectivity index (χ0v) is 15.2. The van der Waals surface area contributed by atoms with Gasteiger partial charge in [0, 0.05) is 38.3 Å². The summed E-state index contributed by atoms with van der Waals surface area (Å²) >= 11 is 0. The highest BCUT2D eigenvalue weighted by atomic mass is 19.1. The van der Waals surface area contributed by atoms with Gasteiger partial charge in [-0.25, -0.2) is 4.39 Å². The molecular formula is C21H22FN3O2. The van der Waals surface area contributed by atoms with E-state index in [1.54, 1.807) is 43.6 Å². The van der Waals surface area contributed by atoms with Crippen molar-refractivity contribution >= 4 is 11.8 Å². The fourth-order valence-corrected chi connectivity index (χ4v) is 4.55. The molecule has 1 aromatic carbocycles. The molecule has 0 N–H and O–H groups in total. The second kappa shape index (κ2) is 7.10. The van der Waals surface area contributed by atoms with Gasteiger partial charge < -0.3 is 9.80 Å². The number of benzene rings is 1. The van der Waals surface area contributed by atoms with E-state index in [9.17, 15) is 14.0 Å². The summed E-state index contributed by atoms with van der Waals surface area (Å²) in [5.74, 6) is -0.357. The lowest BCUT2D eigenvalue weighted by atomic mass is 9.86. The summed E-state index contributed by atoms with van der Waals surface area (Å²) in [5, 5.41) is 0. The number of carbonyl (C=O) groups is 2. The van der Waals surface area contributed by atoms with Crippen LogP contribution in [0.5, 0.6) is 0 Å². The first-order valence-corrected chi connectivity index (χ1v) is 9.30. The topological polar surface area (TPSA) is 53.5 Å². The quantitative estimate of drug-likeness (QED) is 0.820. The van der Waals surface area contributed by atoms with Crippen LogP contribution in [-0.4, -0.2) is 51.8 Å². The molecule has 2 saturated heterocycles. The zero-order valence-electron chi connectivity index (χ0n) is 15.2. The van der Waals surface area contributed by atoms with Crippen LogP contribution < -0.4 is 0 Å². The first kappa shape index (κ1) is 17.6. The largest absolute Gasteiger partial charge is 0.337 e. The van der Waals surface area contributed by atoms with Crippen molar-refractivity contribution in [2.45, 2.75) is 37.8 Å². The van der Waals surface area contributed by atoms with Crippen LogP contribution in [0.15, 0.2) is 48.8 Å². The molecule has 2 aliphatic heterocycles. The second-order valence-electron chi connectivity index (χ2n) is 7.27. The van der Waals surface area contributed by atoms with E-state index in [0.717, 1.165) is 18.4 Å². The summed E-state index contributed by atoms with van der Waals surface area (Å²) in [6.07, 6.45) is 4.95. The van der Waals surface area contributed by atoms with Gasteiger partial charge in [0.15, 0.2) is 0 Å². The number of hydrogen-bond donors (Lipinski definition) is 0. The Hall–Kier alpha value is -2.76. The molecule has 4 rings (SSSR count). The van der Waals surface area contributed by atoms with Crippen molar-refractivity contribution in [1.82, 2.24) is 14.8 Å². The Bertz CT molecular complexity index is 840. The summed E-state index contributed by atoms with van der Waals surface area (Å²) < 4.78 is 13.4. The van der Waals surface area contributed by atoms with Crippen LogP contribution in [0.1, 0.15) is 41.6 Å². The molecule has 2 amide bonds. The summed E-state index contributed by atoms with van der Waals surface area (Å²) in [7, 11) is 0. The molecule has 140 valence electrons. The number of nitrogens with zero attached hydrogens (tertiary/aromatic N) is 3. The van der Waals surface area contributed by atoms with E-state index in [1.807, 2.05) is 9.80 Å². The predicted molar refractivity (Wildman–Crippen MR) is 98.6 cm³/mol. The molecule has 2 fully saturated rings. The van der Waals surface area contributed by atoms with Crippen molar-refractivity contribution in [2.75, 3.05) is 13.1 Å². The molecule has 27 heavy (non-hydrogen) atoms. The second-order valence-corrected chi connectivity index (χ2v) is 7.27. The van der Waals surface area contributed by atoms with Crippen LogP contribution in [0, 0.1) is 5.82 Å². The van der Waals surface area contributed by atoms with Crippen molar-refractivity contribution in [2.24, 2.45) is 0 Å². The maximum absolute atomic E-state index is 13.4. The van der Waals surface area contributed by atoms with E-state index in [-0.39, 0.29) is 35.6 Å². The zero-order chi connectivity index (χ0) is 19.0. The summed E-state index contributed by atoms with van der Waals surface area (Å²) in [5.41, 5.74) is 1.51. The first-order chi connectivity index (χ1) is 13.1. The van der Waals surface area contributed by atoms with Crippen molar-refractivity contribution in [1.29, 1.82) is 0 Å². The summed E-state index contributed by atoms with van der Waals surface area (Å²) in [6.45, 7) is 2.79. The predicted octanol–water partition coefficient (Wildman–Crippen LogP) is 2.84. The SMILES string of the molecule is CC(=O)N1CCC[C@@H]2[C@H]1[C@@H](c1ccc(F)cc1)CN2C(=O)c1cccnc1. The number of aromatic nitrogens is 1. The average Bonchev–Trinajstić information content (AvgIpc) is 3.08. The summed E-state index contributed by atoms with van der Waals surface area (Å²) in [6, 6.07) is 9.81. The van der Waals surface area contributed by atoms with Crippen LogP contribution in [0.3, 0.4) is 0 Å². The van der Waals surface area contributed by atoms with E-state index in [1.165, 1.54) is 12.1 Å². The molecule has 0 radical (unpaired) electrons. The van der Waals surface area contributed by atoms with Crippen LogP contribution in [-0.2, 0) is 4.79 Å². The van der Waals surface area contributed by atoms with E-state index in [0.29, 0.717) is 18.7 Å². The van der Waals surface area contributed by atoms with Crippen molar-refractivity contribution in [3.8, 4) is 0 Å². The number of fused-ring (bicyclic) bond motifs is 1. The maximum atomic E-state index is 13.4. The molecule has 2 aliphatic rings. The Labute approximate surface area is 157 Å². The molecule has 6 heteroatoms. The molecule has 5 nitrogen and oxygen atoms in total. The number of piperidine rings is 1. The smallest absolute Gasteiger partial charge is 0.255 e. The van der Waals surface area contributed by atoms with Crippen LogP contribution in [0.2, 0.25) is 0 Å². The van der Waals surface area contributed by atoms with E-state index >= 15 is 0 Å². The van der Waals surface area contributed by atoms with Crippen molar-refractivity contribution in [3.05, 3.63) is 65.7 Å². The fraction of sp³-hybridized carbons (Fsp3) is 0.381. The Morgan fingerprint density at radius 3 is 2.59 bits per heavy atom. The number of likely N-dealkylation sites (tertiary alicyclic amines) is 2. The van der Waals surface area contributed by atoms with Crippen LogP contribution in [0.25, 0.3) is 0 Å². The van der Waals surface area contributed by atoms with Gasteiger partial charge in [0.1, 0.15) is 5.82 Å². The Morgan fingerprint density at radius 2 is 1.93 bits per heavy atom. The summed E-state index contributed by atoms with van der Waals surface area (Å²) in [4.78, 5) is 33.2. The van der Waals surface area contributed by atoms with E-state index in [2.05, 4.69) is 4.98 Å². The minimum atomic E-state index is -0.288. The highest BCUT2D eigenvalue weighted by Crippen LogP contribution is 2.40. The maximum Gasteiger partial charge on any atom is 0.255 e. The minimum absolute atomic E-state index is 0.0208. The third kappa shape index (κ3) is 3.20. The average molecular weight is 367 g/mol. The molecule has 0 unspecified atom stereocenters. The van der Waals surface area contributed by atoms with Gasteiger partial charge in [0.25, 0.3) is 5.91 Å². The molecule has 0 aliphatic carbocycles. The number of carbonyl (C=O) groups excluding carboxylic acids is 2. The molecule has 0 saturated carbocycles. The van der Waals surface area contributed by atoms with Gasteiger partial charge in [-0.05, 0) is 42.7 Å². The highest BCUT2D eigenvalue weighted by Gasteiger charge is 2.49. The molecule has 2 aromatic rings. The Kier molecular flexibility index (Phi) is 4.64. The standard InChI is InChI=1S/C21H22FN3O2/c1-14(26)24-11-3-5-19-20(24)18(15-6-8-17(22)9-7-15)13-25(19)21(27)16-4-2-10-23-12-16/h2,4,6-10,12,18-20H,3,5,11,13H2,1H3/t18-,19-,20-/m1/s1. The molecule has 3 heterocycles. The normalized spacial score (nSPS) is 24.6. The highest BCUT2D eigenvalue weighted by molar-refractivity contribution is 5.94. The van der Waals surface area contributed by atoms with Gasteiger partial charge in [-0.2, -0.15) is 0 Å². The van der Waals surface area contributed by atoms with Gasteiger partial charge in [0.2, 0.25) is 5.91 Å². The van der Waals surface area contributed by atoms with Crippen molar-refractivity contribution in [3.63, 3.8) is 0 Å². The Morgan fingerprint density at radius 1 is 1.15 bits per heavy atom. The molecule has 0 spiro atoms. The van der Waals surface area contributed by atoms with Gasteiger partial charge in [0.05, 0.1) is 17.6 Å². The van der Waals surface area contributed by atoms with Gasteiger partial charge in [-0.1, -0.05) is 12.1 Å². The fourth-order valence-electron chi connectivity index (χ4n) is 4.55. The monoisotopic (exact) mass is 367 g/mol. The first-order valence-electron chi connectivity index (χ1n) is 9.30. The van der Waals surface area contributed by atoms with E-state index < -0.39 is 0 Å². The number of amides is 2. The molecular weight excluding hydrogens is 345 g/mol. The van der Waals surface area contributed by atoms with Crippen LogP contribution >= 0.6 is 0 Å². The molecule has 0 bridgehead atoms. The van der Waals surface area contributed by atoms with Gasteiger partial charge in [-0.3, -0.25) is 14.6 Å². The van der Waals surface area contributed by atoms with E-state index in [4.69, 9.17) is 0 Å². The number of halogens is 1. The third-order valence-corrected chi connectivity index (χ3v) is 5.73. The number of pyridine rings is 1. The number of hydrogen-bond acceptors (Lipinski definition) is 3. The number of rotatable bonds is 2. The lowest BCUT2D eigenvalue weighted by Crippen LogP contribution is -2.53. The Balaban J connectivity index is 1.71. The van der Waals surface area contributed by atoms with Crippen LogP contribution in [0.4, 0.5) is 4.39 Å².